The van der Waals surface area contributed by atoms with Crippen molar-refractivity contribution < 1.29 is 0 Å². The van der Waals surface area contributed by atoms with E-state index in [0.717, 1.165) is 43.3 Å². The average molecular weight is 286 g/mol. The highest BCUT2D eigenvalue weighted by Crippen LogP contribution is 2.30. The van der Waals surface area contributed by atoms with Crippen LogP contribution in [0, 0.1) is 0 Å². The van der Waals surface area contributed by atoms with Crippen molar-refractivity contribution in [3.8, 4) is 0 Å². The molecule has 0 radical (unpaired) electrons. The Morgan fingerprint density at radius 1 is 1.33 bits per heavy atom. The fraction of sp³-hybridized carbons (Fsp3) is 0.533. The molecule has 2 aromatic rings. The second-order valence-corrected chi connectivity index (χ2v) is 5.85. The van der Waals surface area contributed by atoms with E-state index in [9.17, 15) is 0 Å². The zero-order valence-electron chi connectivity index (χ0n) is 12.7. The Labute approximate surface area is 125 Å². The molecule has 112 valence electrons. The number of nitrogens with zero attached hydrogens (tertiary/aromatic N) is 5. The zero-order chi connectivity index (χ0) is 14.7. The van der Waals surface area contributed by atoms with Crippen LogP contribution >= 0.6 is 0 Å². The third-order valence-electron chi connectivity index (χ3n) is 3.80. The monoisotopic (exact) mass is 286 g/mol. The topological polar surface area (TPSA) is 60.9 Å². The SMILES string of the molecule is CN(C)Cc1ccnc(C2CCCN2Cc2ccn[nH]2)n1. The normalized spacial score (nSPS) is 19.5. The Balaban J connectivity index is 1.75. The van der Waals surface area contributed by atoms with Gasteiger partial charge in [-0.25, -0.2) is 9.97 Å². The standard InChI is InChI=1S/C15H22N6/c1-20(2)10-12-5-7-16-15(18-12)14-4-3-9-21(14)11-13-6-8-17-19-13/h5-8,14H,3-4,9-11H2,1-2H3,(H,17,19). The van der Waals surface area contributed by atoms with Gasteiger partial charge in [0.15, 0.2) is 0 Å². The number of H-pyrrole nitrogens is 1. The van der Waals surface area contributed by atoms with E-state index in [-0.39, 0.29) is 0 Å². The van der Waals surface area contributed by atoms with Crippen LogP contribution in [0.25, 0.3) is 0 Å². The molecule has 1 unspecified atom stereocenters. The number of rotatable bonds is 5. The molecule has 1 aliphatic rings. The lowest BCUT2D eigenvalue weighted by atomic mass is 10.2. The molecule has 1 aliphatic heterocycles. The van der Waals surface area contributed by atoms with Crippen LogP contribution in [-0.4, -0.2) is 50.6 Å². The predicted octanol–water partition coefficient (Wildman–Crippen LogP) is 1.60. The molecule has 6 heteroatoms. The summed E-state index contributed by atoms with van der Waals surface area (Å²) in [5.41, 5.74) is 2.23. The number of aromatic nitrogens is 4. The molecule has 0 bridgehead atoms. The first-order valence-corrected chi connectivity index (χ1v) is 7.41. The maximum absolute atomic E-state index is 4.75. The summed E-state index contributed by atoms with van der Waals surface area (Å²) in [5, 5.41) is 7.05. The van der Waals surface area contributed by atoms with Crippen LogP contribution in [0.1, 0.15) is 36.1 Å². The third-order valence-corrected chi connectivity index (χ3v) is 3.80. The summed E-state index contributed by atoms with van der Waals surface area (Å²) in [7, 11) is 4.11. The van der Waals surface area contributed by atoms with E-state index in [1.165, 1.54) is 6.42 Å². The van der Waals surface area contributed by atoms with E-state index in [1.807, 2.05) is 18.3 Å². The van der Waals surface area contributed by atoms with Crippen molar-refractivity contribution in [2.45, 2.75) is 32.0 Å². The number of aromatic amines is 1. The third kappa shape index (κ3) is 3.46. The molecule has 0 saturated carbocycles. The summed E-state index contributed by atoms with van der Waals surface area (Å²) in [6.07, 6.45) is 6.00. The molecule has 0 aliphatic carbocycles. The van der Waals surface area contributed by atoms with Crippen molar-refractivity contribution >= 4 is 0 Å². The van der Waals surface area contributed by atoms with Crippen molar-refractivity contribution in [1.82, 2.24) is 30.0 Å². The van der Waals surface area contributed by atoms with Gasteiger partial charge in [0.2, 0.25) is 0 Å². The van der Waals surface area contributed by atoms with Gasteiger partial charge in [0.1, 0.15) is 5.82 Å². The smallest absolute Gasteiger partial charge is 0.145 e. The molecule has 1 atom stereocenters. The number of hydrogen-bond donors (Lipinski definition) is 1. The van der Waals surface area contributed by atoms with Crippen molar-refractivity contribution in [2.24, 2.45) is 0 Å². The van der Waals surface area contributed by atoms with Crippen molar-refractivity contribution in [3.05, 3.63) is 41.7 Å². The van der Waals surface area contributed by atoms with Gasteiger partial charge >= 0.3 is 0 Å². The molecule has 3 heterocycles. The molecule has 0 spiro atoms. The predicted molar refractivity (Wildman–Crippen MR) is 80.4 cm³/mol. The molecule has 1 N–H and O–H groups in total. The Bertz CT molecular complexity index is 565. The van der Waals surface area contributed by atoms with E-state index in [4.69, 9.17) is 4.98 Å². The number of nitrogens with one attached hydrogen (secondary N) is 1. The lowest BCUT2D eigenvalue weighted by Crippen LogP contribution is -2.25. The maximum Gasteiger partial charge on any atom is 0.145 e. The highest BCUT2D eigenvalue weighted by atomic mass is 15.2. The van der Waals surface area contributed by atoms with Crippen LogP contribution in [0.3, 0.4) is 0 Å². The van der Waals surface area contributed by atoms with Crippen molar-refractivity contribution in [3.63, 3.8) is 0 Å². The first kappa shape index (κ1) is 14.2. The summed E-state index contributed by atoms with van der Waals surface area (Å²) in [6, 6.07) is 4.34. The second-order valence-electron chi connectivity index (χ2n) is 5.85. The van der Waals surface area contributed by atoms with Crippen molar-refractivity contribution in [2.75, 3.05) is 20.6 Å². The first-order valence-electron chi connectivity index (χ1n) is 7.41. The Morgan fingerprint density at radius 2 is 2.24 bits per heavy atom. The number of hydrogen-bond acceptors (Lipinski definition) is 5. The molecule has 0 amide bonds. The fourth-order valence-corrected chi connectivity index (χ4v) is 2.88. The van der Waals surface area contributed by atoms with Crippen LogP contribution in [0.5, 0.6) is 0 Å². The summed E-state index contributed by atoms with van der Waals surface area (Å²) in [5.74, 6) is 0.950. The Hall–Kier alpha value is -1.79. The van der Waals surface area contributed by atoms with E-state index in [2.05, 4.69) is 39.1 Å². The van der Waals surface area contributed by atoms with Gasteiger partial charge < -0.3 is 4.90 Å². The highest BCUT2D eigenvalue weighted by Gasteiger charge is 2.28. The van der Waals surface area contributed by atoms with Crippen LogP contribution in [0.15, 0.2) is 24.5 Å². The van der Waals surface area contributed by atoms with E-state index < -0.39 is 0 Å². The molecule has 1 fully saturated rings. The van der Waals surface area contributed by atoms with Gasteiger partial charge in [-0.15, -0.1) is 0 Å². The molecule has 21 heavy (non-hydrogen) atoms. The minimum atomic E-state index is 0.315. The Morgan fingerprint density at radius 3 is 3.00 bits per heavy atom. The van der Waals surface area contributed by atoms with Gasteiger partial charge in [0, 0.05) is 31.2 Å². The van der Waals surface area contributed by atoms with Gasteiger partial charge in [-0.05, 0) is 45.6 Å². The highest BCUT2D eigenvalue weighted by molar-refractivity contribution is 5.08. The lowest BCUT2D eigenvalue weighted by molar-refractivity contribution is 0.236. The largest absolute Gasteiger partial charge is 0.304 e. The van der Waals surface area contributed by atoms with Gasteiger partial charge in [-0.1, -0.05) is 0 Å². The summed E-state index contributed by atoms with van der Waals surface area (Å²) < 4.78 is 0. The molecule has 1 saturated heterocycles. The van der Waals surface area contributed by atoms with Gasteiger partial charge in [-0.3, -0.25) is 10.00 Å². The van der Waals surface area contributed by atoms with Crippen LogP contribution in [0.4, 0.5) is 0 Å². The fourth-order valence-electron chi connectivity index (χ4n) is 2.88. The summed E-state index contributed by atoms with van der Waals surface area (Å²) >= 11 is 0. The van der Waals surface area contributed by atoms with Crippen LogP contribution in [-0.2, 0) is 13.1 Å². The molecule has 6 nitrogen and oxygen atoms in total. The minimum absolute atomic E-state index is 0.315. The molecule has 0 aromatic carbocycles. The lowest BCUT2D eigenvalue weighted by Gasteiger charge is -2.23. The quantitative estimate of drug-likeness (QED) is 0.904. The maximum atomic E-state index is 4.75. The summed E-state index contributed by atoms with van der Waals surface area (Å²) in [4.78, 5) is 13.8. The molecule has 2 aromatic heterocycles. The Kier molecular flexibility index (Phi) is 4.26. The van der Waals surface area contributed by atoms with Gasteiger partial charge in [0.05, 0.1) is 11.7 Å². The molecule has 3 rings (SSSR count). The van der Waals surface area contributed by atoms with Crippen LogP contribution < -0.4 is 0 Å². The van der Waals surface area contributed by atoms with Gasteiger partial charge in [0.25, 0.3) is 0 Å². The zero-order valence-corrected chi connectivity index (χ0v) is 12.7. The average Bonchev–Trinajstić information content (AvgIpc) is 3.10. The van der Waals surface area contributed by atoms with E-state index in [1.54, 1.807) is 6.20 Å². The molecular formula is C15H22N6. The van der Waals surface area contributed by atoms with Crippen LogP contribution in [0.2, 0.25) is 0 Å². The second kappa shape index (κ2) is 6.32. The minimum Gasteiger partial charge on any atom is -0.304 e. The first-order chi connectivity index (χ1) is 10.2. The van der Waals surface area contributed by atoms with Crippen molar-refractivity contribution in [1.29, 1.82) is 0 Å². The molecular weight excluding hydrogens is 264 g/mol. The van der Waals surface area contributed by atoms with E-state index in [0.29, 0.717) is 6.04 Å². The summed E-state index contributed by atoms with van der Waals surface area (Å²) in [6.45, 7) is 2.82. The van der Waals surface area contributed by atoms with Gasteiger partial charge in [-0.2, -0.15) is 5.10 Å². The van der Waals surface area contributed by atoms with E-state index >= 15 is 0 Å². The number of likely N-dealkylation sites (tertiary alicyclic amines) is 1.